The van der Waals surface area contributed by atoms with Crippen LogP contribution >= 0.6 is 0 Å². The molecule has 0 aliphatic carbocycles. The van der Waals surface area contributed by atoms with Gasteiger partial charge in [-0.3, -0.25) is 4.57 Å². The van der Waals surface area contributed by atoms with Crippen LogP contribution in [0.5, 0.6) is 5.75 Å². The molecule has 3 heterocycles. The van der Waals surface area contributed by atoms with Gasteiger partial charge in [0.15, 0.2) is 5.65 Å². The molecule has 1 aliphatic rings. The van der Waals surface area contributed by atoms with E-state index in [0.717, 1.165) is 31.6 Å². The van der Waals surface area contributed by atoms with Gasteiger partial charge < -0.3 is 20.4 Å². The van der Waals surface area contributed by atoms with Crippen LogP contribution in [0.3, 0.4) is 0 Å². The van der Waals surface area contributed by atoms with Gasteiger partial charge in [0.05, 0.1) is 12.1 Å². The Morgan fingerprint density at radius 3 is 2.87 bits per heavy atom. The molecule has 0 radical (unpaired) electrons. The summed E-state index contributed by atoms with van der Waals surface area (Å²) < 4.78 is 43.8. The molecule has 2 aromatic heterocycles. The molecule has 4 rings (SSSR count). The minimum atomic E-state index is -4.82. The first-order chi connectivity index (χ1) is 14.3. The lowest BCUT2D eigenvalue weighted by Gasteiger charge is -2.14. The van der Waals surface area contributed by atoms with Crippen molar-refractivity contribution in [3.05, 3.63) is 51.9 Å². The fraction of sp³-hybridized carbons (Fsp3) is 0.400. The van der Waals surface area contributed by atoms with Crippen LogP contribution in [0.25, 0.3) is 11.2 Å². The van der Waals surface area contributed by atoms with Crippen molar-refractivity contribution in [2.45, 2.75) is 26.3 Å². The molecule has 1 fully saturated rings. The zero-order valence-electron chi connectivity index (χ0n) is 16.3. The highest BCUT2D eigenvalue weighted by Gasteiger charge is 2.32. The Morgan fingerprint density at radius 2 is 2.13 bits per heavy atom. The fourth-order valence-electron chi connectivity index (χ4n) is 3.64. The van der Waals surface area contributed by atoms with Crippen LogP contribution in [0.4, 0.5) is 19.0 Å². The standard InChI is InChI=1S/C20H22F3N5O2/c1-12-2-4-16(30-20(21,22)23)14(8-12)11-28-18-15(26-19(28)29)3-5-17(27-18)25-10-13-6-7-24-9-13/h2-5,8,13,24H,6-7,9-11H2,1H3,(H,25,27)(H,26,29)/t13-/m1/s1. The van der Waals surface area contributed by atoms with Gasteiger partial charge in [0.2, 0.25) is 0 Å². The summed E-state index contributed by atoms with van der Waals surface area (Å²) in [4.78, 5) is 19.7. The maximum Gasteiger partial charge on any atom is 0.573 e. The highest BCUT2D eigenvalue weighted by molar-refractivity contribution is 5.73. The molecule has 0 saturated carbocycles. The molecule has 1 aliphatic heterocycles. The maximum atomic E-state index is 12.8. The third kappa shape index (κ3) is 4.59. The Hall–Kier alpha value is -3.01. The van der Waals surface area contributed by atoms with E-state index in [-0.39, 0.29) is 17.9 Å². The van der Waals surface area contributed by atoms with Gasteiger partial charge in [0.25, 0.3) is 0 Å². The van der Waals surface area contributed by atoms with E-state index in [2.05, 4.69) is 25.3 Å². The monoisotopic (exact) mass is 421 g/mol. The summed E-state index contributed by atoms with van der Waals surface area (Å²) in [5, 5.41) is 6.58. The number of imidazole rings is 1. The van der Waals surface area contributed by atoms with E-state index in [1.54, 1.807) is 25.1 Å². The lowest BCUT2D eigenvalue weighted by atomic mass is 10.1. The highest BCUT2D eigenvalue weighted by atomic mass is 19.4. The third-order valence-corrected chi connectivity index (χ3v) is 5.12. The zero-order chi connectivity index (χ0) is 21.3. The molecule has 1 saturated heterocycles. The van der Waals surface area contributed by atoms with E-state index >= 15 is 0 Å². The number of hydrogen-bond donors (Lipinski definition) is 3. The molecular weight excluding hydrogens is 399 g/mol. The number of fused-ring (bicyclic) bond motifs is 1. The largest absolute Gasteiger partial charge is 0.573 e. The van der Waals surface area contributed by atoms with Gasteiger partial charge in [-0.05, 0) is 50.6 Å². The first kappa shape index (κ1) is 20.3. The molecule has 30 heavy (non-hydrogen) atoms. The predicted molar refractivity (Wildman–Crippen MR) is 107 cm³/mol. The Kier molecular flexibility index (Phi) is 5.42. The number of nitrogens with one attached hydrogen (secondary N) is 3. The van der Waals surface area contributed by atoms with Crippen LogP contribution in [0.1, 0.15) is 17.5 Å². The average Bonchev–Trinajstić information content (AvgIpc) is 3.29. The lowest BCUT2D eigenvalue weighted by molar-refractivity contribution is -0.274. The number of alkyl halides is 3. The van der Waals surface area contributed by atoms with Crippen LogP contribution < -0.4 is 21.1 Å². The number of aromatic nitrogens is 3. The number of anilines is 1. The van der Waals surface area contributed by atoms with E-state index in [4.69, 9.17) is 0 Å². The number of halogens is 3. The molecule has 3 N–H and O–H groups in total. The van der Waals surface area contributed by atoms with Gasteiger partial charge in [0.1, 0.15) is 11.6 Å². The number of rotatable bonds is 6. The van der Waals surface area contributed by atoms with Crippen LogP contribution in [-0.4, -0.2) is 40.5 Å². The smallest absolute Gasteiger partial charge is 0.405 e. The second-order valence-electron chi connectivity index (χ2n) is 7.48. The fourth-order valence-corrected chi connectivity index (χ4v) is 3.64. The maximum absolute atomic E-state index is 12.8. The molecule has 0 spiro atoms. The molecule has 0 bridgehead atoms. The van der Waals surface area contributed by atoms with E-state index in [9.17, 15) is 18.0 Å². The first-order valence-corrected chi connectivity index (χ1v) is 9.68. The quantitative estimate of drug-likeness (QED) is 0.570. The van der Waals surface area contributed by atoms with Gasteiger partial charge in [-0.1, -0.05) is 17.7 Å². The number of benzene rings is 1. The number of hydrogen-bond acceptors (Lipinski definition) is 5. The van der Waals surface area contributed by atoms with Gasteiger partial charge in [0, 0.05) is 12.1 Å². The summed E-state index contributed by atoms with van der Waals surface area (Å²) in [6.07, 6.45) is -3.74. The summed E-state index contributed by atoms with van der Waals surface area (Å²) >= 11 is 0. The minimum Gasteiger partial charge on any atom is -0.405 e. The van der Waals surface area contributed by atoms with Crippen molar-refractivity contribution in [1.82, 2.24) is 19.9 Å². The van der Waals surface area contributed by atoms with E-state index < -0.39 is 12.1 Å². The number of H-pyrrole nitrogens is 1. The number of aromatic amines is 1. The summed E-state index contributed by atoms with van der Waals surface area (Å²) in [7, 11) is 0. The zero-order valence-corrected chi connectivity index (χ0v) is 16.3. The Balaban J connectivity index is 1.64. The van der Waals surface area contributed by atoms with Crippen molar-refractivity contribution in [3.8, 4) is 5.75 Å². The second-order valence-corrected chi connectivity index (χ2v) is 7.48. The molecule has 0 unspecified atom stereocenters. The Labute approximate surface area is 170 Å². The van der Waals surface area contributed by atoms with E-state index in [0.29, 0.717) is 22.9 Å². The molecule has 7 nitrogen and oxygen atoms in total. The van der Waals surface area contributed by atoms with Crippen molar-refractivity contribution in [3.63, 3.8) is 0 Å². The topological polar surface area (TPSA) is 84.0 Å². The van der Waals surface area contributed by atoms with Gasteiger partial charge in [-0.15, -0.1) is 13.2 Å². The third-order valence-electron chi connectivity index (χ3n) is 5.12. The van der Waals surface area contributed by atoms with Crippen molar-refractivity contribution in [2.24, 2.45) is 5.92 Å². The molecule has 10 heteroatoms. The Bertz CT molecular complexity index is 1100. The summed E-state index contributed by atoms with van der Waals surface area (Å²) in [6.45, 7) is 4.35. The summed E-state index contributed by atoms with van der Waals surface area (Å²) in [5.74, 6) is 0.779. The molecule has 160 valence electrons. The SMILES string of the molecule is Cc1ccc(OC(F)(F)F)c(Cn2c(=O)[nH]c3ccc(NC[C@@H]4CCNC4)nc32)c1. The van der Waals surface area contributed by atoms with E-state index in [1.807, 2.05) is 0 Å². The summed E-state index contributed by atoms with van der Waals surface area (Å²) in [5.41, 5.74) is 1.43. The molecule has 0 amide bonds. The summed E-state index contributed by atoms with van der Waals surface area (Å²) in [6, 6.07) is 7.87. The number of aryl methyl sites for hydroxylation is 1. The second kappa shape index (κ2) is 8.02. The number of pyridine rings is 1. The molecular formula is C20H22F3N5O2. The number of ether oxygens (including phenoxy) is 1. The average molecular weight is 421 g/mol. The van der Waals surface area contributed by atoms with Gasteiger partial charge in [-0.2, -0.15) is 0 Å². The van der Waals surface area contributed by atoms with Crippen molar-refractivity contribution in [1.29, 1.82) is 0 Å². The van der Waals surface area contributed by atoms with Crippen LogP contribution in [-0.2, 0) is 6.54 Å². The van der Waals surface area contributed by atoms with Crippen LogP contribution in [0.2, 0.25) is 0 Å². The molecule has 3 aromatic rings. The number of nitrogens with zero attached hydrogens (tertiary/aromatic N) is 2. The van der Waals surface area contributed by atoms with Gasteiger partial charge >= 0.3 is 12.1 Å². The molecule has 1 aromatic carbocycles. The van der Waals surface area contributed by atoms with Crippen molar-refractivity contribution >= 4 is 17.0 Å². The van der Waals surface area contributed by atoms with E-state index in [1.165, 1.54) is 16.7 Å². The molecule has 1 atom stereocenters. The van der Waals surface area contributed by atoms with Crippen molar-refractivity contribution in [2.75, 3.05) is 25.0 Å². The van der Waals surface area contributed by atoms with Crippen LogP contribution in [0, 0.1) is 12.8 Å². The van der Waals surface area contributed by atoms with Gasteiger partial charge in [-0.25, -0.2) is 9.78 Å². The predicted octanol–water partition coefficient (Wildman–Crippen LogP) is 3.00. The lowest BCUT2D eigenvalue weighted by Crippen LogP contribution is -2.21. The Morgan fingerprint density at radius 1 is 1.30 bits per heavy atom. The first-order valence-electron chi connectivity index (χ1n) is 9.68. The minimum absolute atomic E-state index is 0.102. The normalized spacial score (nSPS) is 16.9. The van der Waals surface area contributed by atoms with Crippen LogP contribution in [0.15, 0.2) is 35.1 Å². The highest BCUT2D eigenvalue weighted by Crippen LogP contribution is 2.28. The van der Waals surface area contributed by atoms with Crippen molar-refractivity contribution < 1.29 is 17.9 Å².